The number of nitrogens with one attached hydrogen (secondary N) is 1. The Morgan fingerprint density at radius 1 is 1.33 bits per heavy atom. The Balaban J connectivity index is 0.00000162. The maximum Gasteiger partial charge on any atom is 0.126 e. The monoisotopic (exact) mass is 276 g/mol. The van der Waals surface area contributed by atoms with Crippen molar-refractivity contribution in [1.29, 1.82) is 0 Å². The Bertz CT molecular complexity index is 381. The first kappa shape index (κ1) is 15.3. The molecule has 2 rings (SSSR count). The third-order valence-electron chi connectivity index (χ3n) is 3.32. The molecule has 1 heterocycles. The van der Waals surface area contributed by atoms with Crippen LogP contribution in [0.25, 0.3) is 0 Å². The molecule has 2 nitrogen and oxygen atoms in total. The molecule has 1 aromatic carbocycles. The molecule has 0 aromatic heterocycles. The first-order valence-corrected chi connectivity index (χ1v) is 5.99. The van der Waals surface area contributed by atoms with Crippen molar-refractivity contribution >= 4 is 12.4 Å². The second kappa shape index (κ2) is 7.02. The summed E-state index contributed by atoms with van der Waals surface area (Å²) >= 11 is 0. The van der Waals surface area contributed by atoms with Crippen molar-refractivity contribution in [2.75, 3.05) is 32.9 Å². The molecule has 102 valence electrons. The summed E-state index contributed by atoms with van der Waals surface area (Å²) in [7, 11) is 0. The van der Waals surface area contributed by atoms with Crippen molar-refractivity contribution in [2.45, 2.75) is 13.0 Å². The summed E-state index contributed by atoms with van der Waals surface area (Å²) in [5.41, 5.74) is 1.34. The fourth-order valence-electron chi connectivity index (χ4n) is 2.21. The highest BCUT2D eigenvalue weighted by Crippen LogP contribution is 2.23. The molecule has 5 heteroatoms. The fourth-order valence-corrected chi connectivity index (χ4v) is 2.21. The number of hydrogen-bond acceptors (Lipinski definition) is 2. The van der Waals surface area contributed by atoms with Gasteiger partial charge < -0.3 is 5.32 Å². The summed E-state index contributed by atoms with van der Waals surface area (Å²) in [6, 6.07) is 4.69. The van der Waals surface area contributed by atoms with Crippen LogP contribution >= 0.6 is 12.4 Å². The van der Waals surface area contributed by atoms with E-state index >= 15 is 0 Å². The van der Waals surface area contributed by atoms with Crippen LogP contribution in [-0.4, -0.2) is 37.8 Å². The van der Waals surface area contributed by atoms with Crippen LogP contribution in [0.1, 0.15) is 17.2 Å². The number of nitrogens with zero attached hydrogens (tertiary/aromatic N) is 1. The van der Waals surface area contributed by atoms with Crippen molar-refractivity contribution in [3.63, 3.8) is 0 Å². The molecular formula is C13H19ClF2N2. The molecule has 1 N–H and O–H groups in total. The Labute approximate surface area is 113 Å². The van der Waals surface area contributed by atoms with E-state index in [-0.39, 0.29) is 24.3 Å². The summed E-state index contributed by atoms with van der Waals surface area (Å²) in [5.74, 6) is -0.254. The standard InChI is InChI=1S/C13H18F2N2.ClH/c1-10-2-3-11(8-12(10)15)13(9-14)17-6-4-16-5-7-17;/h2-3,8,13,16H,4-7,9H2,1H3;1H/t13-;/m1./s1. The summed E-state index contributed by atoms with van der Waals surface area (Å²) < 4.78 is 26.7. The summed E-state index contributed by atoms with van der Waals surface area (Å²) in [6.45, 7) is 4.60. The number of piperazine rings is 1. The van der Waals surface area contributed by atoms with Gasteiger partial charge >= 0.3 is 0 Å². The second-order valence-electron chi connectivity index (χ2n) is 4.46. The van der Waals surface area contributed by atoms with Crippen LogP contribution in [0.15, 0.2) is 18.2 Å². The zero-order valence-electron chi connectivity index (χ0n) is 10.5. The van der Waals surface area contributed by atoms with Gasteiger partial charge in [0.1, 0.15) is 12.5 Å². The Morgan fingerprint density at radius 3 is 2.56 bits per heavy atom. The van der Waals surface area contributed by atoms with E-state index in [0.29, 0.717) is 5.56 Å². The molecule has 1 fully saturated rings. The molecule has 0 saturated carbocycles. The molecule has 0 radical (unpaired) electrons. The average molecular weight is 277 g/mol. The summed E-state index contributed by atoms with van der Waals surface area (Å²) in [6.07, 6.45) is 0. The van der Waals surface area contributed by atoms with Gasteiger partial charge in [-0.05, 0) is 24.1 Å². The first-order chi connectivity index (χ1) is 8.22. The van der Waals surface area contributed by atoms with E-state index in [2.05, 4.69) is 10.2 Å². The van der Waals surface area contributed by atoms with Gasteiger partial charge in [-0.1, -0.05) is 12.1 Å². The lowest BCUT2D eigenvalue weighted by molar-refractivity contribution is 0.147. The van der Waals surface area contributed by atoms with Crippen molar-refractivity contribution < 1.29 is 8.78 Å². The van der Waals surface area contributed by atoms with Crippen molar-refractivity contribution in [3.05, 3.63) is 35.1 Å². The van der Waals surface area contributed by atoms with E-state index in [1.54, 1.807) is 13.0 Å². The van der Waals surface area contributed by atoms with Gasteiger partial charge in [0.2, 0.25) is 0 Å². The number of hydrogen-bond donors (Lipinski definition) is 1. The summed E-state index contributed by atoms with van der Waals surface area (Å²) in [5, 5.41) is 3.23. The zero-order chi connectivity index (χ0) is 12.3. The van der Waals surface area contributed by atoms with Gasteiger partial charge in [0.25, 0.3) is 0 Å². The second-order valence-corrected chi connectivity index (χ2v) is 4.46. The van der Waals surface area contributed by atoms with Crippen LogP contribution in [0.2, 0.25) is 0 Å². The van der Waals surface area contributed by atoms with Crippen LogP contribution in [0.5, 0.6) is 0 Å². The number of aryl methyl sites for hydroxylation is 1. The molecule has 1 aliphatic heterocycles. The lowest BCUT2D eigenvalue weighted by Crippen LogP contribution is -2.45. The Morgan fingerprint density at radius 2 is 2.00 bits per heavy atom. The van der Waals surface area contributed by atoms with Gasteiger partial charge in [0.05, 0.1) is 6.04 Å². The predicted octanol–water partition coefficient (Wildman–Crippen LogP) is 2.47. The van der Waals surface area contributed by atoms with Crippen molar-refractivity contribution in [2.24, 2.45) is 0 Å². The van der Waals surface area contributed by atoms with Crippen LogP contribution in [-0.2, 0) is 0 Å². The molecule has 0 bridgehead atoms. The largest absolute Gasteiger partial charge is 0.314 e. The SMILES string of the molecule is Cc1ccc([C@@H](CF)N2CCNCC2)cc1F.Cl. The van der Waals surface area contributed by atoms with Gasteiger partial charge in [-0.25, -0.2) is 8.78 Å². The quantitative estimate of drug-likeness (QED) is 0.912. The van der Waals surface area contributed by atoms with Crippen molar-refractivity contribution in [1.82, 2.24) is 10.2 Å². The molecule has 0 amide bonds. The van der Waals surface area contributed by atoms with E-state index in [4.69, 9.17) is 0 Å². The molecule has 1 aromatic rings. The molecule has 1 aliphatic rings. The molecule has 0 spiro atoms. The first-order valence-electron chi connectivity index (χ1n) is 5.99. The fraction of sp³-hybridized carbons (Fsp3) is 0.538. The van der Waals surface area contributed by atoms with E-state index in [1.807, 2.05) is 6.07 Å². The van der Waals surface area contributed by atoms with Crippen LogP contribution in [0.3, 0.4) is 0 Å². The average Bonchev–Trinajstić information content (AvgIpc) is 2.36. The minimum absolute atomic E-state index is 0. The molecular weight excluding hydrogens is 258 g/mol. The predicted molar refractivity (Wildman–Crippen MR) is 71.5 cm³/mol. The van der Waals surface area contributed by atoms with E-state index in [9.17, 15) is 8.78 Å². The van der Waals surface area contributed by atoms with Crippen LogP contribution in [0, 0.1) is 12.7 Å². The van der Waals surface area contributed by atoms with E-state index < -0.39 is 6.67 Å². The maximum absolute atomic E-state index is 13.5. The van der Waals surface area contributed by atoms with Crippen LogP contribution < -0.4 is 5.32 Å². The highest BCUT2D eigenvalue weighted by Gasteiger charge is 2.22. The molecule has 18 heavy (non-hydrogen) atoms. The topological polar surface area (TPSA) is 15.3 Å². The highest BCUT2D eigenvalue weighted by molar-refractivity contribution is 5.85. The third kappa shape index (κ3) is 3.40. The van der Waals surface area contributed by atoms with Gasteiger partial charge in [-0.15, -0.1) is 12.4 Å². The molecule has 1 saturated heterocycles. The molecule has 1 atom stereocenters. The maximum atomic E-state index is 13.5. The Hall–Kier alpha value is -0.710. The van der Waals surface area contributed by atoms with Gasteiger partial charge in [0.15, 0.2) is 0 Å². The third-order valence-corrected chi connectivity index (χ3v) is 3.32. The lowest BCUT2D eigenvalue weighted by atomic mass is 10.0. The number of benzene rings is 1. The normalized spacial score (nSPS) is 18.2. The molecule has 0 aliphatic carbocycles. The minimum atomic E-state index is -0.470. The minimum Gasteiger partial charge on any atom is -0.314 e. The van der Waals surface area contributed by atoms with Crippen LogP contribution in [0.4, 0.5) is 8.78 Å². The number of halogens is 3. The lowest BCUT2D eigenvalue weighted by Gasteiger charge is -2.33. The molecule has 0 unspecified atom stereocenters. The Kier molecular flexibility index (Phi) is 5.99. The van der Waals surface area contributed by atoms with E-state index in [0.717, 1.165) is 31.7 Å². The van der Waals surface area contributed by atoms with Gasteiger partial charge in [0, 0.05) is 26.2 Å². The number of alkyl halides is 1. The van der Waals surface area contributed by atoms with Crippen molar-refractivity contribution in [3.8, 4) is 0 Å². The highest BCUT2D eigenvalue weighted by atomic mass is 35.5. The van der Waals surface area contributed by atoms with E-state index in [1.165, 1.54) is 6.07 Å². The number of rotatable bonds is 3. The summed E-state index contributed by atoms with van der Waals surface area (Å²) in [4.78, 5) is 2.07. The zero-order valence-corrected chi connectivity index (χ0v) is 11.3. The van der Waals surface area contributed by atoms with Gasteiger partial charge in [-0.3, -0.25) is 4.90 Å². The van der Waals surface area contributed by atoms with Gasteiger partial charge in [-0.2, -0.15) is 0 Å². The smallest absolute Gasteiger partial charge is 0.126 e.